The highest BCUT2D eigenvalue weighted by molar-refractivity contribution is 6.25. The molecule has 0 saturated carbocycles. The van der Waals surface area contributed by atoms with Gasteiger partial charge in [0.1, 0.15) is 5.75 Å². The van der Waals surface area contributed by atoms with Crippen molar-refractivity contribution in [1.29, 1.82) is 0 Å². The third-order valence-electron chi connectivity index (χ3n) is 3.13. The molecule has 0 saturated heterocycles. The van der Waals surface area contributed by atoms with Crippen LogP contribution in [0.25, 0.3) is 0 Å². The standard InChI is InChI=1S/C16H11NO3/c18-14-8-4-3-7-12(14)17-13-9-15(19)10-5-1-2-6-11(10)16(13)20/h1-9,17-18H. The molecule has 2 aromatic carbocycles. The predicted molar refractivity (Wildman–Crippen MR) is 74.9 cm³/mol. The van der Waals surface area contributed by atoms with Gasteiger partial charge in [0.2, 0.25) is 5.78 Å². The molecule has 0 heterocycles. The van der Waals surface area contributed by atoms with Gasteiger partial charge in [-0.2, -0.15) is 0 Å². The van der Waals surface area contributed by atoms with Gasteiger partial charge in [0, 0.05) is 17.2 Å². The minimum absolute atomic E-state index is 0.0208. The molecular formula is C16H11NO3. The first-order chi connectivity index (χ1) is 9.66. The molecular weight excluding hydrogens is 254 g/mol. The first kappa shape index (κ1) is 12.2. The van der Waals surface area contributed by atoms with E-state index in [0.29, 0.717) is 16.8 Å². The number of aromatic hydroxyl groups is 1. The molecule has 0 aliphatic heterocycles. The lowest BCUT2D eigenvalue weighted by Crippen LogP contribution is -2.21. The fourth-order valence-corrected chi connectivity index (χ4v) is 2.13. The van der Waals surface area contributed by atoms with Crippen LogP contribution in [0.3, 0.4) is 0 Å². The maximum atomic E-state index is 12.3. The number of ketones is 2. The first-order valence-electron chi connectivity index (χ1n) is 6.11. The van der Waals surface area contributed by atoms with Gasteiger partial charge in [0.15, 0.2) is 5.78 Å². The number of benzene rings is 2. The largest absolute Gasteiger partial charge is 0.506 e. The lowest BCUT2D eigenvalue weighted by Gasteiger charge is -2.16. The lowest BCUT2D eigenvalue weighted by atomic mass is 9.92. The van der Waals surface area contributed by atoms with Gasteiger partial charge in [-0.3, -0.25) is 9.59 Å². The van der Waals surface area contributed by atoms with Gasteiger partial charge in [0.25, 0.3) is 0 Å². The van der Waals surface area contributed by atoms with E-state index in [0.717, 1.165) is 0 Å². The fourth-order valence-electron chi connectivity index (χ4n) is 2.13. The number of hydrogen-bond acceptors (Lipinski definition) is 4. The van der Waals surface area contributed by atoms with Crippen molar-refractivity contribution >= 4 is 17.3 Å². The molecule has 0 radical (unpaired) electrons. The average Bonchev–Trinajstić information content (AvgIpc) is 2.47. The van der Waals surface area contributed by atoms with Gasteiger partial charge in [-0.05, 0) is 12.1 Å². The van der Waals surface area contributed by atoms with E-state index in [4.69, 9.17) is 0 Å². The number of para-hydroxylation sites is 2. The Kier molecular flexibility index (Phi) is 2.84. The molecule has 0 atom stereocenters. The van der Waals surface area contributed by atoms with Gasteiger partial charge in [-0.1, -0.05) is 36.4 Å². The molecule has 2 aromatic rings. The van der Waals surface area contributed by atoms with Gasteiger partial charge >= 0.3 is 0 Å². The van der Waals surface area contributed by atoms with Crippen LogP contribution in [-0.4, -0.2) is 16.7 Å². The molecule has 98 valence electrons. The van der Waals surface area contributed by atoms with Crippen molar-refractivity contribution in [2.75, 3.05) is 5.32 Å². The van der Waals surface area contributed by atoms with E-state index in [9.17, 15) is 14.7 Å². The Balaban J connectivity index is 1.99. The van der Waals surface area contributed by atoms with E-state index in [1.807, 2.05) is 0 Å². The first-order valence-corrected chi connectivity index (χ1v) is 6.11. The van der Waals surface area contributed by atoms with Crippen molar-refractivity contribution in [2.45, 2.75) is 0 Å². The molecule has 20 heavy (non-hydrogen) atoms. The summed E-state index contributed by atoms with van der Waals surface area (Å²) in [6.07, 6.45) is 1.26. The third kappa shape index (κ3) is 1.97. The highest BCUT2D eigenvalue weighted by atomic mass is 16.3. The van der Waals surface area contributed by atoms with E-state index in [2.05, 4.69) is 5.32 Å². The van der Waals surface area contributed by atoms with Crippen molar-refractivity contribution < 1.29 is 14.7 Å². The second kappa shape index (κ2) is 4.66. The molecule has 0 unspecified atom stereocenters. The molecule has 0 amide bonds. The number of phenols is 1. The van der Waals surface area contributed by atoms with Crippen LogP contribution in [0, 0.1) is 0 Å². The van der Waals surface area contributed by atoms with Crippen molar-refractivity contribution in [1.82, 2.24) is 0 Å². The number of carbonyl (C=O) groups is 2. The number of nitrogens with one attached hydrogen (secondary N) is 1. The number of carbonyl (C=O) groups excluding carboxylic acids is 2. The van der Waals surface area contributed by atoms with Crippen molar-refractivity contribution in [3.05, 3.63) is 71.4 Å². The van der Waals surface area contributed by atoms with E-state index >= 15 is 0 Å². The van der Waals surface area contributed by atoms with E-state index < -0.39 is 0 Å². The number of hydrogen-bond donors (Lipinski definition) is 2. The quantitative estimate of drug-likeness (QED) is 0.819. The maximum absolute atomic E-state index is 12.3. The van der Waals surface area contributed by atoms with E-state index in [1.165, 1.54) is 12.1 Å². The number of phenolic OH excluding ortho intramolecular Hbond substituents is 1. The van der Waals surface area contributed by atoms with Crippen LogP contribution in [0.4, 0.5) is 5.69 Å². The van der Waals surface area contributed by atoms with Crippen LogP contribution < -0.4 is 5.32 Å². The molecule has 0 aromatic heterocycles. The molecule has 3 rings (SSSR count). The van der Waals surface area contributed by atoms with Crippen molar-refractivity contribution in [3.8, 4) is 5.75 Å². The summed E-state index contributed by atoms with van der Waals surface area (Å²) < 4.78 is 0. The van der Waals surface area contributed by atoms with E-state index in [-0.39, 0.29) is 23.0 Å². The molecule has 1 aliphatic rings. The summed E-state index contributed by atoms with van der Waals surface area (Å²) in [4.78, 5) is 24.3. The number of Topliss-reactive ketones (excluding diaryl/α,β-unsaturated/α-hetero) is 1. The predicted octanol–water partition coefficient (Wildman–Crippen LogP) is 2.77. The Hall–Kier alpha value is -2.88. The average molecular weight is 265 g/mol. The highest BCUT2D eigenvalue weighted by Gasteiger charge is 2.25. The van der Waals surface area contributed by atoms with Gasteiger partial charge in [-0.15, -0.1) is 0 Å². The molecule has 4 heteroatoms. The van der Waals surface area contributed by atoms with Crippen LogP contribution in [0.5, 0.6) is 5.75 Å². The maximum Gasteiger partial charge on any atom is 0.210 e. The summed E-state index contributed by atoms with van der Waals surface area (Å²) in [5.41, 5.74) is 1.33. The van der Waals surface area contributed by atoms with Crippen LogP contribution in [-0.2, 0) is 0 Å². The zero-order valence-electron chi connectivity index (χ0n) is 10.5. The number of fused-ring (bicyclic) bond motifs is 1. The monoisotopic (exact) mass is 265 g/mol. The van der Waals surface area contributed by atoms with Gasteiger partial charge in [-0.25, -0.2) is 0 Å². The topological polar surface area (TPSA) is 66.4 Å². The summed E-state index contributed by atoms with van der Waals surface area (Å²) in [6.45, 7) is 0. The Morgan fingerprint density at radius 1 is 0.850 bits per heavy atom. The number of allylic oxidation sites excluding steroid dienone is 2. The summed E-state index contributed by atoms with van der Waals surface area (Å²) >= 11 is 0. The Morgan fingerprint density at radius 2 is 1.50 bits per heavy atom. The van der Waals surface area contributed by atoms with Gasteiger partial charge in [0.05, 0.1) is 11.4 Å². The molecule has 1 aliphatic carbocycles. The molecule has 0 fully saturated rings. The Bertz CT molecular complexity index is 747. The van der Waals surface area contributed by atoms with Crippen LogP contribution in [0.2, 0.25) is 0 Å². The summed E-state index contributed by atoms with van der Waals surface area (Å²) in [5, 5.41) is 12.5. The highest BCUT2D eigenvalue weighted by Crippen LogP contribution is 2.27. The fraction of sp³-hybridized carbons (Fsp3) is 0. The number of rotatable bonds is 2. The molecule has 0 bridgehead atoms. The zero-order chi connectivity index (χ0) is 14.1. The van der Waals surface area contributed by atoms with Crippen LogP contribution in [0.15, 0.2) is 60.3 Å². The SMILES string of the molecule is O=C1C=C(Nc2ccccc2O)C(=O)c2ccccc21. The molecule has 0 spiro atoms. The van der Waals surface area contributed by atoms with Crippen LogP contribution >= 0.6 is 0 Å². The smallest absolute Gasteiger partial charge is 0.210 e. The Morgan fingerprint density at radius 3 is 2.25 bits per heavy atom. The van der Waals surface area contributed by atoms with Crippen molar-refractivity contribution in [3.63, 3.8) is 0 Å². The van der Waals surface area contributed by atoms with Crippen molar-refractivity contribution in [2.24, 2.45) is 0 Å². The number of anilines is 1. The minimum Gasteiger partial charge on any atom is -0.506 e. The second-order valence-corrected chi connectivity index (χ2v) is 4.44. The minimum atomic E-state index is -0.261. The summed E-state index contributed by atoms with van der Waals surface area (Å²) in [7, 11) is 0. The molecule has 2 N–H and O–H groups in total. The molecule has 4 nitrogen and oxygen atoms in total. The normalized spacial score (nSPS) is 13.7. The zero-order valence-corrected chi connectivity index (χ0v) is 10.5. The Labute approximate surface area is 115 Å². The second-order valence-electron chi connectivity index (χ2n) is 4.44. The van der Waals surface area contributed by atoms with Crippen LogP contribution in [0.1, 0.15) is 20.7 Å². The third-order valence-corrected chi connectivity index (χ3v) is 3.13. The van der Waals surface area contributed by atoms with Gasteiger partial charge < -0.3 is 10.4 Å². The summed E-state index contributed by atoms with van der Waals surface area (Å²) in [5.74, 6) is -0.464. The van der Waals surface area contributed by atoms with E-state index in [1.54, 1.807) is 42.5 Å². The summed E-state index contributed by atoms with van der Waals surface area (Å²) in [6, 6.07) is 13.2. The lowest BCUT2D eigenvalue weighted by molar-refractivity contribution is 0.0985.